The van der Waals surface area contributed by atoms with Gasteiger partial charge in [-0.1, -0.05) is 0 Å². The van der Waals surface area contributed by atoms with E-state index >= 15 is 0 Å². The van der Waals surface area contributed by atoms with Crippen molar-refractivity contribution < 1.29 is 9.47 Å². The number of rotatable bonds is 4. The zero-order valence-corrected chi connectivity index (χ0v) is 9.69. The third-order valence-electron chi connectivity index (χ3n) is 2.68. The molecule has 1 aliphatic rings. The lowest BCUT2D eigenvalue weighted by Gasteiger charge is -2.22. The summed E-state index contributed by atoms with van der Waals surface area (Å²) in [6, 6.07) is 1.86. The van der Waals surface area contributed by atoms with Crippen LogP contribution in [0.15, 0.2) is 6.07 Å². The first-order valence-corrected chi connectivity index (χ1v) is 5.79. The van der Waals surface area contributed by atoms with E-state index in [1.54, 1.807) is 4.68 Å². The fourth-order valence-electron chi connectivity index (χ4n) is 1.86. The van der Waals surface area contributed by atoms with Gasteiger partial charge in [0.15, 0.2) is 6.29 Å². The summed E-state index contributed by atoms with van der Waals surface area (Å²) in [6.45, 7) is 4.02. The van der Waals surface area contributed by atoms with Gasteiger partial charge >= 0.3 is 0 Å². The Labute approximate surface area is 95.5 Å². The molecule has 0 amide bonds. The molecule has 0 unspecified atom stereocenters. The minimum atomic E-state index is -0.0355. The van der Waals surface area contributed by atoms with E-state index in [9.17, 15) is 0 Å². The number of aryl methyl sites for hydroxylation is 1. The number of nitrogens with two attached hydrogens (primary N) is 1. The Hall–Kier alpha value is -1.07. The first-order chi connectivity index (χ1) is 7.75. The quantitative estimate of drug-likeness (QED) is 0.839. The van der Waals surface area contributed by atoms with Crippen LogP contribution in [-0.2, 0) is 16.0 Å². The Bertz CT molecular complexity index is 332. The number of nitrogens with zero attached hydrogens (tertiary/aromatic N) is 2. The molecule has 1 fully saturated rings. The zero-order chi connectivity index (χ0) is 11.4. The Morgan fingerprint density at radius 2 is 2.50 bits per heavy atom. The summed E-state index contributed by atoms with van der Waals surface area (Å²) in [5.41, 5.74) is 6.71. The summed E-state index contributed by atoms with van der Waals surface area (Å²) in [4.78, 5) is 0. The molecule has 5 heteroatoms. The van der Waals surface area contributed by atoms with Crippen LogP contribution in [0, 0.1) is 6.92 Å². The summed E-state index contributed by atoms with van der Waals surface area (Å²) < 4.78 is 12.8. The molecule has 1 aliphatic heterocycles. The van der Waals surface area contributed by atoms with E-state index in [0.717, 1.165) is 25.1 Å². The van der Waals surface area contributed by atoms with Crippen LogP contribution in [0.1, 0.15) is 25.0 Å². The van der Waals surface area contributed by atoms with Crippen LogP contribution in [0.25, 0.3) is 0 Å². The third kappa shape index (κ3) is 2.96. The number of aromatic nitrogens is 2. The average molecular weight is 225 g/mol. The summed E-state index contributed by atoms with van der Waals surface area (Å²) >= 11 is 0. The summed E-state index contributed by atoms with van der Waals surface area (Å²) in [6.07, 6.45) is 3.29. The molecule has 1 atom stereocenters. The van der Waals surface area contributed by atoms with E-state index in [2.05, 4.69) is 5.10 Å². The second kappa shape index (κ2) is 5.32. The van der Waals surface area contributed by atoms with Crippen molar-refractivity contribution in [1.82, 2.24) is 9.78 Å². The molecule has 2 heterocycles. The maximum Gasteiger partial charge on any atom is 0.157 e. The Kier molecular flexibility index (Phi) is 3.79. The number of hydrogen-bond acceptors (Lipinski definition) is 4. The van der Waals surface area contributed by atoms with Crippen LogP contribution >= 0.6 is 0 Å². The van der Waals surface area contributed by atoms with Crippen molar-refractivity contribution in [3.8, 4) is 0 Å². The molecule has 90 valence electrons. The molecule has 0 aliphatic carbocycles. The second-order valence-corrected chi connectivity index (χ2v) is 4.10. The van der Waals surface area contributed by atoms with Gasteiger partial charge in [-0.15, -0.1) is 0 Å². The predicted octanol–water partition coefficient (Wildman–Crippen LogP) is 1.32. The smallest absolute Gasteiger partial charge is 0.157 e. The van der Waals surface area contributed by atoms with Gasteiger partial charge in [-0.25, -0.2) is 4.68 Å². The molecule has 0 bridgehead atoms. The topological polar surface area (TPSA) is 62.3 Å². The van der Waals surface area contributed by atoms with E-state index in [4.69, 9.17) is 15.2 Å². The Morgan fingerprint density at radius 1 is 1.62 bits per heavy atom. The second-order valence-electron chi connectivity index (χ2n) is 4.10. The third-order valence-corrected chi connectivity index (χ3v) is 2.68. The van der Waals surface area contributed by atoms with Gasteiger partial charge < -0.3 is 15.2 Å². The standard InChI is InChI=1S/C11H19N3O2/c1-9-8-10(12)14(13-9)5-7-16-11-4-2-3-6-15-11/h8,11H,2-7,12H2,1H3/t11-/m0/s1. The summed E-state index contributed by atoms with van der Waals surface area (Å²) in [5.74, 6) is 0.686. The molecule has 5 nitrogen and oxygen atoms in total. The molecule has 1 saturated heterocycles. The minimum absolute atomic E-state index is 0.0355. The molecular formula is C11H19N3O2. The first kappa shape index (κ1) is 11.4. The van der Waals surface area contributed by atoms with Crippen molar-refractivity contribution in [3.05, 3.63) is 11.8 Å². The van der Waals surface area contributed by atoms with Gasteiger partial charge in [-0.05, 0) is 26.2 Å². The number of hydrogen-bond donors (Lipinski definition) is 1. The monoisotopic (exact) mass is 225 g/mol. The van der Waals surface area contributed by atoms with Crippen molar-refractivity contribution in [3.63, 3.8) is 0 Å². The predicted molar refractivity (Wildman–Crippen MR) is 60.9 cm³/mol. The van der Waals surface area contributed by atoms with Gasteiger partial charge in [0, 0.05) is 12.7 Å². The lowest BCUT2D eigenvalue weighted by atomic mass is 10.2. The van der Waals surface area contributed by atoms with Crippen molar-refractivity contribution >= 4 is 5.82 Å². The molecule has 2 N–H and O–H groups in total. The number of nitrogen functional groups attached to an aromatic ring is 1. The van der Waals surface area contributed by atoms with Gasteiger partial charge in [-0.3, -0.25) is 0 Å². The highest BCUT2D eigenvalue weighted by Gasteiger charge is 2.13. The fourth-order valence-corrected chi connectivity index (χ4v) is 1.86. The van der Waals surface area contributed by atoms with Crippen molar-refractivity contribution in [2.75, 3.05) is 18.9 Å². The average Bonchev–Trinajstić information content (AvgIpc) is 2.59. The van der Waals surface area contributed by atoms with E-state index < -0.39 is 0 Å². The molecule has 2 rings (SSSR count). The van der Waals surface area contributed by atoms with E-state index in [1.807, 2.05) is 13.0 Å². The maximum absolute atomic E-state index is 5.77. The van der Waals surface area contributed by atoms with Gasteiger partial charge in [0.2, 0.25) is 0 Å². The van der Waals surface area contributed by atoms with Crippen molar-refractivity contribution in [1.29, 1.82) is 0 Å². The van der Waals surface area contributed by atoms with Crippen molar-refractivity contribution in [2.24, 2.45) is 0 Å². The Morgan fingerprint density at radius 3 is 3.12 bits per heavy atom. The van der Waals surface area contributed by atoms with Crippen LogP contribution in [0.4, 0.5) is 5.82 Å². The zero-order valence-electron chi connectivity index (χ0n) is 9.69. The molecule has 0 aromatic carbocycles. The van der Waals surface area contributed by atoms with Crippen LogP contribution in [-0.4, -0.2) is 29.3 Å². The van der Waals surface area contributed by atoms with Gasteiger partial charge in [0.1, 0.15) is 5.82 Å². The van der Waals surface area contributed by atoms with Gasteiger partial charge in [-0.2, -0.15) is 5.10 Å². The van der Waals surface area contributed by atoms with Crippen molar-refractivity contribution in [2.45, 2.75) is 39.0 Å². The van der Waals surface area contributed by atoms with E-state index in [1.165, 1.54) is 6.42 Å². The molecule has 0 saturated carbocycles. The Balaban J connectivity index is 1.73. The van der Waals surface area contributed by atoms with Gasteiger partial charge in [0.25, 0.3) is 0 Å². The fraction of sp³-hybridized carbons (Fsp3) is 0.727. The lowest BCUT2D eigenvalue weighted by Crippen LogP contribution is -2.24. The molecule has 0 spiro atoms. The number of anilines is 1. The molecule has 1 aromatic heterocycles. The highest BCUT2D eigenvalue weighted by atomic mass is 16.7. The molecule has 0 radical (unpaired) electrons. The minimum Gasteiger partial charge on any atom is -0.384 e. The van der Waals surface area contributed by atoms with Crippen LogP contribution < -0.4 is 5.73 Å². The normalized spacial score (nSPS) is 21.2. The summed E-state index contributed by atoms with van der Waals surface area (Å²) in [7, 11) is 0. The largest absolute Gasteiger partial charge is 0.384 e. The van der Waals surface area contributed by atoms with Crippen LogP contribution in [0.3, 0.4) is 0 Å². The highest BCUT2D eigenvalue weighted by Crippen LogP contribution is 2.13. The SMILES string of the molecule is Cc1cc(N)n(CCO[C@H]2CCCCO2)n1. The lowest BCUT2D eigenvalue weighted by molar-refractivity contribution is -0.163. The summed E-state index contributed by atoms with van der Waals surface area (Å²) in [5, 5.41) is 4.26. The molecule has 16 heavy (non-hydrogen) atoms. The van der Waals surface area contributed by atoms with Crippen LogP contribution in [0.2, 0.25) is 0 Å². The van der Waals surface area contributed by atoms with E-state index in [0.29, 0.717) is 19.0 Å². The maximum atomic E-state index is 5.77. The molecule has 1 aromatic rings. The van der Waals surface area contributed by atoms with E-state index in [-0.39, 0.29) is 6.29 Å². The first-order valence-electron chi connectivity index (χ1n) is 5.79. The highest BCUT2D eigenvalue weighted by molar-refractivity contribution is 5.29. The van der Waals surface area contributed by atoms with Gasteiger partial charge in [0.05, 0.1) is 18.8 Å². The molecular weight excluding hydrogens is 206 g/mol. The van der Waals surface area contributed by atoms with Crippen LogP contribution in [0.5, 0.6) is 0 Å². The number of ether oxygens (including phenoxy) is 2.